The zero-order chi connectivity index (χ0) is 14.9. The second kappa shape index (κ2) is 5.19. The largest absolute Gasteiger partial charge is 0.354 e. The summed E-state index contributed by atoms with van der Waals surface area (Å²) in [6, 6.07) is 27.6. The summed E-state index contributed by atoms with van der Waals surface area (Å²) in [7, 11) is 0. The maximum atomic E-state index is 3.61. The Balaban J connectivity index is 2.10. The third-order valence-electron chi connectivity index (χ3n) is 4.18. The molecular formula is C21H17N. The normalized spacial score (nSPS) is 11.0. The molecular weight excluding hydrogens is 266 g/mol. The molecule has 4 rings (SSSR count). The van der Waals surface area contributed by atoms with Crippen molar-refractivity contribution in [3.8, 4) is 22.4 Å². The van der Waals surface area contributed by atoms with Gasteiger partial charge in [0.25, 0.3) is 0 Å². The minimum absolute atomic E-state index is 1.18. The molecule has 0 unspecified atom stereocenters. The number of para-hydroxylation sites is 1. The molecule has 0 atom stereocenters. The summed E-state index contributed by atoms with van der Waals surface area (Å²) in [4.78, 5) is 3.61. The quantitative estimate of drug-likeness (QED) is 0.478. The zero-order valence-electron chi connectivity index (χ0n) is 12.5. The summed E-state index contributed by atoms with van der Waals surface area (Å²) in [6.07, 6.45) is 0. The smallest absolute Gasteiger partial charge is 0.0544 e. The first-order valence-corrected chi connectivity index (χ1v) is 7.57. The van der Waals surface area contributed by atoms with Crippen LogP contribution in [0.25, 0.3) is 33.3 Å². The molecule has 1 heterocycles. The lowest BCUT2D eigenvalue weighted by Crippen LogP contribution is -1.85. The van der Waals surface area contributed by atoms with Gasteiger partial charge in [0.15, 0.2) is 0 Å². The van der Waals surface area contributed by atoms with E-state index in [1.165, 1.54) is 38.9 Å². The number of nitrogens with one attached hydrogen (secondary N) is 1. The molecule has 0 amide bonds. The van der Waals surface area contributed by atoms with Crippen molar-refractivity contribution in [2.45, 2.75) is 6.92 Å². The molecule has 0 bridgehead atoms. The van der Waals surface area contributed by atoms with Gasteiger partial charge in [0.1, 0.15) is 0 Å². The van der Waals surface area contributed by atoms with Crippen molar-refractivity contribution in [3.05, 3.63) is 84.4 Å². The molecule has 1 nitrogen and oxygen atoms in total. The van der Waals surface area contributed by atoms with E-state index in [1.807, 2.05) is 0 Å². The monoisotopic (exact) mass is 283 g/mol. The van der Waals surface area contributed by atoms with E-state index < -0.39 is 0 Å². The van der Waals surface area contributed by atoms with Gasteiger partial charge in [-0.05, 0) is 29.7 Å². The van der Waals surface area contributed by atoms with Gasteiger partial charge in [0, 0.05) is 16.5 Å². The van der Waals surface area contributed by atoms with Crippen molar-refractivity contribution >= 4 is 10.9 Å². The molecule has 0 spiro atoms. The Bertz CT molecular complexity index is 932. The van der Waals surface area contributed by atoms with E-state index in [2.05, 4.69) is 90.8 Å². The summed E-state index contributed by atoms with van der Waals surface area (Å²) in [6.45, 7) is 2.17. The summed E-state index contributed by atoms with van der Waals surface area (Å²) >= 11 is 0. The number of hydrogen-bond donors (Lipinski definition) is 1. The minimum atomic E-state index is 1.18. The van der Waals surface area contributed by atoms with Gasteiger partial charge in [0.2, 0.25) is 0 Å². The highest BCUT2D eigenvalue weighted by atomic mass is 14.7. The van der Waals surface area contributed by atoms with Crippen molar-refractivity contribution in [2.75, 3.05) is 0 Å². The van der Waals surface area contributed by atoms with Gasteiger partial charge >= 0.3 is 0 Å². The van der Waals surface area contributed by atoms with E-state index in [9.17, 15) is 0 Å². The Labute approximate surface area is 130 Å². The highest BCUT2D eigenvalue weighted by molar-refractivity contribution is 6.04. The molecule has 0 saturated carbocycles. The van der Waals surface area contributed by atoms with Crippen molar-refractivity contribution in [1.82, 2.24) is 4.98 Å². The Morgan fingerprint density at radius 1 is 0.682 bits per heavy atom. The van der Waals surface area contributed by atoms with Crippen molar-refractivity contribution < 1.29 is 0 Å². The first-order chi connectivity index (χ1) is 10.8. The number of H-pyrrole nitrogens is 1. The first-order valence-electron chi connectivity index (χ1n) is 7.57. The topological polar surface area (TPSA) is 15.8 Å². The van der Waals surface area contributed by atoms with E-state index in [4.69, 9.17) is 0 Å². The Morgan fingerprint density at radius 2 is 1.36 bits per heavy atom. The van der Waals surface area contributed by atoms with E-state index in [0.29, 0.717) is 0 Å². The van der Waals surface area contributed by atoms with Crippen molar-refractivity contribution in [3.63, 3.8) is 0 Å². The number of hydrogen-bond acceptors (Lipinski definition) is 0. The average molecular weight is 283 g/mol. The Morgan fingerprint density at radius 3 is 2.18 bits per heavy atom. The van der Waals surface area contributed by atoms with Crippen LogP contribution < -0.4 is 0 Å². The van der Waals surface area contributed by atoms with Crippen molar-refractivity contribution in [2.24, 2.45) is 0 Å². The summed E-state index contributed by atoms with van der Waals surface area (Å²) in [5.41, 5.74) is 7.47. The fourth-order valence-electron chi connectivity index (χ4n) is 3.10. The average Bonchev–Trinajstić information content (AvgIpc) is 2.95. The highest BCUT2D eigenvalue weighted by Gasteiger charge is 2.15. The molecule has 0 aliphatic rings. The van der Waals surface area contributed by atoms with Crippen LogP contribution in [0.2, 0.25) is 0 Å². The predicted octanol–water partition coefficient (Wildman–Crippen LogP) is 5.81. The zero-order valence-corrected chi connectivity index (χ0v) is 12.5. The van der Waals surface area contributed by atoms with Gasteiger partial charge in [0.05, 0.1) is 5.69 Å². The molecule has 1 N–H and O–H groups in total. The van der Waals surface area contributed by atoms with Gasteiger partial charge in [-0.15, -0.1) is 0 Å². The lowest BCUT2D eigenvalue weighted by Gasteiger charge is -2.08. The predicted molar refractivity (Wildman–Crippen MR) is 93.9 cm³/mol. The SMILES string of the molecule is Cc1ccccc1-c1c(-c2ccccc2)[nH]c2ccccc12. The highest BCUT2D eigenvalue weighted by Crippen LogP contribution is 2.39. The molecule has 4 aromatic rings. The molecule has 1 aromatic heterocycles. The van der Waals surface area contributed by atoms with Gasteiger partial charge in [-0.2, -0.15) is 0 Å². The third kappa shape index (κ3) is 2.03. The molecule has 106 valence electrons. The van der Waals surface area contributed by atoms with Crippen LogP contribution in [-0.2, 0) is 0 Å². The second-order valence-corrected chi connectivity index (χ2v) is 5.60. The standard InChI is InChI=1S/C21H17N/c1-15-9-5-6-12-17(15)20-18-13-7-8-14-19(18)22-21(20)16-10-3-2-4-11-16/h2-14,22H,1H3. The fraction of sp³-hybridized carbons (Fsp3) is 0.0476. The van der Waals surface area contributed by atoms with Crippen LogP contribution >= 0.6 is 0 Å². The molecule has 0 fully saturated rings. The number of rotatable bonds is 2. The summed E-state index contributed by atoms with van der Waals surface area (Å²) in [5.74, 6) is 0. The lowest BCUT2D eigenvalue weighted by atomic mass is 9.95. The molecule has 0 radical (unpaired) electrons. The van der Waals surface area contributed by atoms with Gasteiger partial charge in [-0.25, -0.2) is 0 Å². The molecule has 0 aliphatic heterocycles. The number of aromatic nitrogens is 1. The van der Waals surface area contributed by atoms with E-state index in [-0.39, 0.29) is 0 Å². The second-order valence-electron chi connectivity index (χ2n) is 5.60. The van der Waals surface area contributed by atoms with Crippen LogP contribution in [0.4, 0.5) is 0 Å². The van der Waals surface area contributed by atoms with Crippen LogP contribution in [0, 0.1) is 6.92 Å². The van der Waals surface area contributed by atoms with Crippen LogP contribution in [0.1, 0.15) is 5.56 Å². The number of fused-ring (bicyclic) bond motifs is 1. The van der Waals surface area contributed by atoms with Crippen LogP contribution in [0.5, 0.6) is 0 Å². The molecule has 0 saturated heterocycles. The number of aryl methyl sites for hydroxylation is 1. The minimum Gasteiger partial charge on any atom is -0.354 e. The van der Waals surface area contributed by atoms with Crippen LogP contribution in [0.15, 0.2) is 78.9 Å². The Kier molecular flexibility index (Phi) is 3.05. The fourth-order valence-corrected chi connectivity index (χ4v) is 3.10. The molecule has 22 heavy (non-hydrogen) atoms. The molecule has 3 aromatic carbocycles. The van der Waals surface area contributed by atoms with Gasteiger partial charge < -0.3 is 4.98 Å². The Hall–Kier alpha value is -2.80. The summed E-state index contributed by atoms with van der Waals surface area (Å²) in [5, 5.41) is 1.27. The third-order valence-corrected chi connectivity index (χ3v) is 4.18. The first kappa shape index (κ1) is 12.9. The number of aromatic amines is 1. The molecule has 0 aliphatic carbocycles. The van der Waals surface area contributed by atoms with Gasteiger partial charge in [-0.3, -0.25) is 0 Å². The van der Waals surface area contributed by atoms with Crippen LogP contribution in [0.3, 0.4) is 0 Å². The maximum Gasteiger partial charge on any atom is 0.0544 e. The summed E-state index contributed by atoms with van der Waals surface area (Å²) < 4.78 is 0. The van der Waals surface area contributed by atoms with Gasteiger partial charge in [-0.1, -0.05) is 72.8 Å². The van der Waals surface area contributed by atoms with Crippen molar-refractivity contribution in [1.29, 1.82) is 0 Å². The maximum absolute atomic E-state index is 3.61. The van der Waals surface area contributed by atoms with E-state index >= 15 is 0 Å². The van der Waals surface area contributed by atoms with Crippen LogP contribution in [-0.4, -0.2) is 4.98 Å². The van der Waals surface area contributed by atoms with E-state index in [1.54, 1.807) is 0 Å². The number of benzene rings is 3. The van der Waals surface area contributed by atoms with E-state index in [0.717, 1.165) is 0 Å². The lowest BCUT2D eigenvalue weighted by molar-refractivity contribution is 1.43. The molecule has 1 heteroatoms.